The molecule has 2 aromatic rings. The fraction of sp³-hybridized carbons (Fsp3) is 0.316. The molecule has 4 heteroatoms. The van der Waals surface area contributed by atoms with Gasteiger partial charge in [0.15, 0.2) is 0 Å². The van der Waals surface area contributed by atoms with Gasteiger partial charge in [0.1, 0.15) is 5.75 Å². The Morgan fingerprint density at radius 2 is 1.78 bits per heavy atom. The van der Waals surface area contributed by atoms with Crippen molar-refractivity contribution in [1.82, 2.24) is 5.32 Å². The maximum atomic E-state index is 11.9. The van der Waals surface area contributed by atoms with E-state index in [2.05, 4.69) is 23.6 Å². The second-order valence-corrected chi connectivity index (χ2v) is 5.40. The van der Waals surface area contributed by atoms with Gasteiger partial charge in [-0.1, -0.05) is 36.4 Å². The van der Waals surface area contributed by atoms with Crippen LogP contribution in [0.4, 0.5) is 5.69 Å². The van der Waals surface area contributed by atoms with Gasteiger partial charge in [-0.2, -0.15) is 0 Å². The summed E-state index contributed by atoms with van der Waals surface area (Å²) in [7, 11) is 1.66. The Hall–Kier alpha value is -2.49. The normalized spacial score (nSPS) is 10.2. The molecule has 0 aliphatic carbocycles. The van der Waals surface area contributed by atoms with Crippen LogP contribution in [0.2, 0.25) is 0 Å². The molecule has 23 heavy (non-hydrogen) atoms. The number of ether oxygens (including phenoxy) is 1. The number of rotatable bonds is 8. The third-order valence-electron chi connectivity index (χ3n) is 3.72. The van der Waals surface area contributed by atoms with E-state index >= 15 is 0 Å². The average molecular weight is 312 g/mol. The smallest absolute Gasteiger partial charge is 0.221 e. The number of hydrogen-bond donors (Lipinski definition) is 2. The van der Waals surface area contributed by atoms with Crippen LogP contribution >= 0.6 is 0 Å². The molecular weight excluding hydrogens is 288 g/mol. The standard InChI is InChI=1S/C19H24N2O2/c1-15-7-3-5-9-17(15)20-14-12-19(22)21-13-11-16-8-4-6-10-18(16)23-2/h3-10,20H,11-14H2,1-2H3,(H,21,22). The molecule has 0 atom stereocenters. The van der Waals surface area contributed by atoms with Gasteiger partial charge in [-0.15, -0.1) is 0 Å². The Morgan fingerprint density at radius 1 is 1.04 bits per heavy atom. The fourth-order valence-electron chi connectivity index (χ4n) is 2.42. The fourth-order valence-corrected chi connectivity index (χ4v) is 2.42. The lowest BCUT2D eigenvalue weighted by Crippen LogP contribution is -2.27. The molecule has 2 aromatic carbocycles. The molecule has 0 fully saturated rings. The predicted molar refractivity (Wildman–Crippen MR) is 94.0 cm³/mol. The van der Waals surface area contributed by atoms with Crippen LogP contribution in [0.25, 0.3) is 0 Å². The van der Waals surface area contributed by atoms with E-state index in [0.29, 0.717) is 19.5 Å². The molecule has 2 N–H and O–H groups in total. The molecule has 0 saturated carbocycles. The number of amides is 1. The lowest BCUT2D eigenvalue weighted by Gasteiger charge is -2.10. The Morgan fingerprint density at radius 3 is 2.57 bits per heavy atom. The van der Waals surface area contributed by atoms with Gasteiger partial charge >= 0.3 is 0 Å². The Balaban J connectivity index is 1.68. The molecule has 4 nitrogen and oxygen atoms in total. The van der Waals surface area contributed by atoms with E-state index < -0.39 is 0 Å². The molecule has 0 unspecified atom stereocenters. The molecule has 1 amide bonds. The van der Waals surface area contributed by atoms with Gasteiger partial charge in [0.2, 0.25) is 5.91 Å². The van der Waals surface area contributed by atoms with Crippen LogP contribution in [0.1, 0.15) is 17.5 Å². The van der Waals surface area contributed by atoms with Crippen molar-refractivity contribution in [1.29, 1.82) is 0 Å². The van der Waals surface area contributed by atoms with E-state index in [4.69, 9.17) is 4.74 Å². The first-order valence-electron chi connectivity index (χ1n) is 7.89. The van der Waals surface area contributed by atoms with E-state index in [-0.39, 0.29) is 5.91 Å². The molecule has 0 saturated heterocycles. The van der Waals surface area contributed by atoms with Crippen molar-refractivity contribution in [2.45, 2.75) is 19.8 Å². The monoisotopic (exact) mass is 312 g/mol. The molecule has 0 aliphatic heterocycles. The highest BCUT2D eigenvalue weighted by molar-refractivity contribution is 5.76. The first-order chi connectivity index (χ1) is 11.2. The number of benzene rings is 2. The number of carbonyl (C=O) groups is 1. The minimum absolute atomic E-state index is 0.0565. The van der Waals surface area contributed by atoms with Crippen molar-refractivity contribution in [3.63, 3.8) is 0 Å². The molecular formula is C19H24N2O2. The maximum Gasteiger partial charge on any atom is 0.221 e. The topological polar surface area (TPSA) is 50.4 Å². The van der Waals surface area contributed by atoms with E-state index in [1.54, 1.807) is 7.11 Å². The lowest BCUT2D eigenvalue weighted by atomic mass is 10.1. The summed E-state index contributed by atoms with van der Waals surface area (Å²) in [5, 5.41) is 6.24. The van der Waals surface area contributed by atoms with Crippen LogP contribution in [0.15, 0.2) is 48.5 Å². The van der Waals surface area contributed by atoms with Crippen molar-refractivity contribution in [2.24, 2.45) is 0 Å². The van der Waals surface area contributed by atoms with Gasteiger partial charge in [0, 0.05) is 25.2 Å². The molecule has 0 radical (unpaired) electrons. The number of carbonyl (C=O) groups excluding carboxylic acids is 1. The van der Waals surface area contributed by atoms with E-state index in [0.717, 1.165) is 23.4 Å². The summed E-state index contributed by atoms with van der Waals surface area (Å²) in [6.07, 6.45) is 1.22. The number of para-hydroxylation sites is 2. The van der Waals surface area contributed by atoms with Crippen molar-refractivity contribution in [3.05, 3.63) is 59.7 Å². The van der Waals surface area contributed by atoms with Crippen LogP contribution in [-0.2, 0) is 11.2 Å². The molecule has 0 bridgehead atoms. The van der Waals surface area contributed by atoms with Crippen LogP contribution in [0.3, 0.4) is 0 Å². The molecule has 0 aromatic heterocycles. The van der Waals surface area contributed by atoms with Crippen LogP contribution in [0, 0.1) is 6.92 Å². The largest absolute Gasteiger partial charge is 0.496 e. The Kier molecular flexibility index (Phi) is 6.48. The summed E-state index contributed by atoms with van der Waals surface area (Å²) in [5.74, 6) is 0.920. The van der Waals surface area contributed by atoms with Crippen LogP contribution < -0.4 is 15.4 Å². The number of hydrogen-bond acceptors (Lipinski definition) is 3. The number of nitrogens with one attached hydrogen (secondary N) is 2. The van der Waals surface area contributed by atoms with Crippen LogP contribution in [0.5, 0.6) is 5.75 Å². The summed E-state index contributed by atoms with van der Waals surface area (Å²) in [4.78, 5) is 11.9. The van der Waals surface area contributed by atoms with Gasteiger partial charge < -0.3 is 15.4 Å². The van der Waals surface area contributed by atoms with Gasteiger partial charge in [0.25, 0.3) is 0 Å². The zero-order chi connectivity index (χ0) is 16.5. The average Bonchev–Trinajstić information content (AvgIpc) is 2.57. The molecule has 0 heterocycles. The molecule has 122 valence electrons. The highest BCUT2D eigenvalue weighted by Crippen LogP contribution is 2.17. The minimum Gasteiger partial charge on any atom is -0.496 e. The quantitative estimate of drug-likeness (QED) is 0.787. The maximum absolute atomic E-state index is 11.9. The zero-order valence-electron chi connectivity index (χ0n) is 13.8. The Labute approximate surface area is 137 Å². The SMILES string of the molecule is COc1ccccc1CCNC(=O)CCNc1ccccc1C. The van der Waals surface area contributed by atoms with Crippen molar-refractivity contribution in [2.75, 3.05) is 25.5 Å². The van der Waals surface area contributed by atoms with E-state index in [1.165, 1.54) is 5.56 Å². The summed E-state index contributed by atoms with van der Waals surface area (Å²) < 4.78 is 5.31. The second-order valence-electron chi connectivity index (χ2n) is 5.40. The number of aryl methyl sites for hydroxylation is 1. The summed E-state index contributed by atoms with van der Waals surface area (Å²) in [6, 6.07) is 15.9. The third-order valence-corrected chi connectivity index (χ3v) is 3.72. The van der Waals surface area contributed by atoms with Gasteiger partial charge in [-0.05, 0) is 36.6 Å². The first kappa shape index (κ1) is 16.9. The molecule has 2 rings (SSSR count). The van der Waals surface area contributed by atoms with Gasteiger partial charge in [-0.25, -0.2) is 0 Å². The highest BCUT2D eigenvalue weighted by atomic mass is 16.5. The first-order valence-corrected chi connectivity index (χ1v) is 7.89. The number of anilines is 1. The second kappa shape index (κ2) is 8.83. The third kappa shape index (κ3) is 5.33. The number of methoxy groups -OCH3 is 1. The summed E-state index contributed by atoms with van der Waals surface area (Å²) in [6.45, 7) is 3.30. The van der Waals surface area contributed by atoms with Crippen molar-refractivity contribution in [3.8, 4) is 5.75 Å². The minimum atomic E-state index is 0.0565. The predicted octanol–water partition coefficient (Wildman–Crippen LogP) is 3.16. The lowest BCUT2D eigenvalue weighted by molar-refractivity contribution is -0.120. The highest BCUT2D eigenvalue weighted by Gasteiger charge is 2.04. The van der Waals surface area contributed by atoms with E-state index in [9.17, 15) is 4.79 Å². The van der Waals surface area contributed by atoms with Crippen LogP contribution in [-0.4, -0.2) is 26.1 Å². The Bertz CT molecular complexity index is 641. The molecule has 0 spiro atoms. The van der Waals surface area contributed by atoms with Crippen molar-refractivity contribution >= 4 is 11.6 Å². The van der Waals surface area contributed by atoms with Crippen molar-refractivity contribution < 1.29 is 9.53 Å². The summed E-state index contributed by atoms with van der Waals surface area (Å²) in [5.41, 5.74) is 3.37. The zero-order valence-corrected chi connectivity index (χ0v) is 13.8. The molecule has 0 aliphatic rings. The van der Waals surface area contributed by atoms with Gasteiger partial charge in [-0.3, -0.25) is 4.79 Å². The summed E-state index contributed by atoms with van der Waals surface area (Å²) >= 11 is 0. The van der Waals surface area contributed by atoms with Gasteiger partial charge in [0.05, 0.1) is 7.11 Å². The van der Waals surface area contributed by atoms with E-state index in [1.807, 2.05) is 42.5 Å².